The number of nitrogens with one attached hydrogen (secondary N) is 1. The van der Waals surface area contributed by atoms with Crippen LogP contribution in [0.4, 0.5) is 5.82 Å². The van der Waals surface area contributed by atoms with Crippen molar-refractivity contribution >= 4 is 17.6 Å². The number of fused-ring (bicyclic) bond motifs is 1. The molecule has 4 heterocycles. The Hall–Kier alpha value is -3.66. The predicted molar refractivity (Wildman–Crippen MR) is 126 cm³/mol. The number of carbonyl (C=O) groups is 2. The van der Waals surface area contributed by atoms with Crippen LogP contribution in [0, 0.1) is 5.41 Å². The molecular weight excluding hydrogens is 434 g/mol. The number of nitrogens with zero attached hydrogens (tertiary/aromatic N) is 6. The largest absolute Gasteiger partial charge is 0.394 e. The summed E-state index contributed by atoms with van der Waals surface area (Å²) in [6.45, 7) is 8.60. The summed E-state index contributed by atoms with van der Waals surface area (Å²) >= 11 is 0. The van der Waals surface area contributed by atoms with E-state index in [-0.39, 0.29) is 24.2 Å². The van der Waals surface area contributed by atoms with Crippen LogP contribution in [0.3, 0.4) is 0 Å². The Labute approximate surface area is 198 Å². The molecule has 0 aliphatic carbocycles. The van der Waals surface area contributed by atoms with Crippen molar-refractivity contribution in [3.05, 3.63) is 53.6 Å². The zero-order valence-electron chi connectivity index (χ0n) is 19.8. The number of anilines is 1. The second-order valence-corrected chi connectivity index (χ2v) is 9.52. The molecule has 2 amide bonds. The number of carbonyl (C=O) groups excluding carboxylic acids is 2. The number of hydrogen-bond donors (Lipinski definition) is 2. The summed E-state index contributed by atoms with van der Waals surface area (Å²) in [5, 5.41) is 20.3. The second kappa shape index (κ2) is 9.30. The summed E-state index contributed by atoms with van der Waals surface area (Å²) in [5.41, 5.74) is 2.29. The second-order valence-electron chi connectivity index (χ2n) is 9.52. The zero-order valence-corrected chi connectivity index (χ0v) is 19.8. The molecule has 2 N–H and O–H groups in total. The molecule has 4 rings (SSSR count). The van der Waals surface area contributed by atoms with E-state index in [1.54, 1.807) is 35.0 Å². The minimum Gasteiger partial charge on any atom is -0.394 e. The van der Waals surface area contributed by atoms with Crippen LogP contribution in [0.2, 0.25) is 0 Å². The lowest BCUT2D eigenvalue weighted by molar-refractivity contribution is -0.140. The Morgan fingerprint density at radius 3 is 2.76 bits per heavy atom. The van der Waals surface area contributed by atoms with Gasteiger partial charge in [-0.2, -0.15) is 0 Å². The maximum absolute atomic E-state index is 12.9. The van der Waals surface area contributed by atoms with Crippen molar-refractivity contribution in [1.82, 2.24) is 29.6 Å². The van der Waals surface area contributed by atoms with Gasteiger partial charge in [-0.15, -0.1) is 10.2 Å². The SMILES string of the molecule is C[C@H](CO)n1cnnc1-c1cccc(NC(=O)c2cc3c(cn2)CCN(C(=O)C(C)(C)C)C3)n1. The number of aliphatic hydroxyl groups excluding tert-OH is 1. The first kappa shape index (κ1) is 23.5. The number of amides is 2. The number of aromatic nitrogens is 5. The van der Waals surface area contributed by atoms with Crippen molar-refractivity contribution in [3.63, 3.8) is 0 Å². The lowest BCUT2D eigenvalue weighted by atomic mass is 9.92. The third-order valence-corrected chi connectivity index (χ3v) is 5.79. The summed E-state index contributed by atoms with van der Waals surface area (Å²) in [6.07, 6.45) is 3.96. The average molecular weight is 464 g/mol. The van der Waals surface area contributed by atoms with Gasteiger partial charge in [0.1, 0.15) is 23.5 Å². The number of rotatable bonds is 5. The molecule has 34 heavy (non-hydrogen) atoms. The molecule has 0 spiro atoms. The Balaban J connectivity index is 1.52. The van der Waals surface area contributed by atoms with E-state index < -0.39 is 11.3 Å². The Bertz CT molecular complexity index is 1220. The molecule has 3 aromatic rings. The Kier molecular flexibility index (Phi) is 6.43. The van der Waals surface area contributed by atoms with Crippen molar-refractivity contribution in [1.29, 1.82) is 0 Å². The van der Waals surface area contributed by atoms with Gasteiger partial charge in [-0.25, -0.2) is 4.98 Å². The molecule has 0 radical (unpaired) electrons. The summed E-state index contributed by atoms with van der Waals surface area (Å²) in [4.78, 5) is 36.3. The molecule has 0 fully saturated rings. The van der Waals surface area contributed by atoms with Crippen LogP contribution in [0.5, 0.6) is 0 Å². The van der Waals surface area contributed by atoms with Crippen LogP contribution < -0.4 is 5.32 Å². The minimum absolute atomic E-state index is 0.0652. The van der Waals surface area contributed by atoms with Crippen molar-refractivity contribution in [2.75, 3.05) is 18.5 Å². The highest BCUT2D eigenvalue weighted by Crippen LogP contribution is 2.25. The Morgan fingerprint density at radius 1 is 1.24 bits per heavy atom. The summed E-state index contributed by atoms with van der Waals surface area (Å²) in [5.74, 6) is 0.535. The van der Waals surface area contributed by atoms with Crippen molar-refractivity contribution in [3.8, 4) is 11.5 Å². The van der Waals surface area contributed by atoms with Crippen LogP contribution >= 0.6 is 0 Å². The zero-order chi connectivity index (χ0) is 24.5. The lowest BCUT2D eigenvalue weighted by Crippen LogP contribution is -2.42. The van der Waals surface area contributed by atoms with Crippen LogP contribution in [-0.2, 0) is 17.8 Å². The van der Waals surface area contributed by atoms with Gasteiger partial charge in [0.15, 0.2) is 5.82 Å². The standard InChI is InChI=1S/C24H29N7O3/c1-15(13-32)31-14-26-29-21(31)18-6-5-7-20(27-18)28-22(33)19-10-17-12-30(23(34)24(2,3)4)9-8-16(17)11-25-19/h5-7,10-11,14-15,32H,8-9,12-13H2,1-4H3,(H,27,28,33)/t15-/m1/s1. The highest BCUT2D eigenvalue weighted by molar-refractivity contribution is 6.02. The summed E-state index contributed by atoms with van der Waals surface area (Å²) < 4.78 is 1.73. The highest BCUT2D eigenvalue weighted by atomic mass is 16.3. The maximum atomic E-state index is 12.9. The quantitative estimate of drug-likeness (QED) is 0.595. The van der Waals surface area contributed by atoms with Gasteiger partial charge in [0.25, 0.3) is 5.91 Å². The first-order valence-corrected chi connectivity index (χ1v) is 11.2. The minimum atomic E-state index is -0.458. The molecule has 0 aromatic carbocycles. The fourth-order valence-corrected chi connectivity index (χ4v) is 3.86. The van der Waals surface area contributed by atoms with E-state index in [0.717, 1.165) is 11.1 Å². The van der Waals surface area contributed by atoms with E-state index in [1.165, 1.54) is 6.33 Å². The van der Waals surface area contributed by atoms with Gasteiger partial charge < -0.3 is 19.9 Å². The van der Waals surface area contributed by atoms with Gasteiger partial charge in [-0.3, -0.25) is 14.6 Å². The smallest absolute Gasteiger partial charge is 0.275 e. The fraction of sp³-hybridized carbons (Fsp3) is 0.417. The molecular formula is C24H29N7O3. The number of pyridine rings is 2. The van der Waals surface area contributed by atoms with E-state index >= 15 is 0 Å². The van der Waals surface area contributed by atoms with Crippen LogP contribution in [0.1, 0.15) is 55.4 Å². The third kappa shape index (κ3) is 4.81. The molecule has 0 bridgehead atoms. The molecule has 10 nitrogen and oxygen atoms in total. The molecule has 0 unspecified atom stereocenters. The monoisotopic (exact) mass is 463 g/mol. The molecule has 0 saturated heterocycles. The third-order valence-electron chi connectivity index (χ3n) is 5.79. The molecule has 10 heteroatoms. The van der Waals surface area contributed by atoms with Crippen molar-refractivity contribution in [2.24, 2.45) is 5.41 Å². The van der Waals surface area contributed by atoms with Gasteiger partial charge >= 0.3 is 0 Å². The first-order chi connectivity index (χ1) is 16.2. The first-order valence-electron chi connectivity index (χ1n) is 11.2. The number of hydrogen-bond acceptors (Lipinski definition) is 7. The van der Waals surface area contributed by atoms with Gasteiger partial charge in [-0.1, -0.05) is 26.8 Å². The normalized spacial score (nSPS) is 14.4. The van der Waals surface area contributed by atoms with Gasteiger partial charge in [-0.05, 0) is 42.7 Å². The van der Waals surface area contributed by atoms with E-state index in [4.69, 9.17) is 0 Å². The maximum Gasteiger partial charge on any atom is 0.275 e. The predicted octanol–water partition coefficient (Wildman–Crippen LogP) is 2.47. The molecule has 1 aliphatic rings. The van der Waals surface area contributed by atoms with Crippen LogP contribution in [-0.4, -0.2) is 59.7 Å². The highest BCUT2D eigenvalue weighted by Gasteiger charge is 2.30. The van der Waals surface area contributed by atoms with Gasteiger partial charge in [0.05, 0.1) is 12.6 Å². The van der Waals surface area contributed by atoms with E-state index in [2.05, 4.69) is 25.5 Å². The van der Waals surface area contributed by atoms with Gasteiger partial charge in [0, 0.05) is 24.7 Å². The molecule has 0 saturated carbocycles. The van der Waals surface area contributed by atoms with E-state index in [0.29, 0.717) is 36.8 Å². The average Bonchev–Trinajstić information content (AvgIpc) is 3.32. The lowest BCUT2D eigenvalue weighted by Gasteiger charge is -2.33. The van der Waals surface area contributed by atoms with Crippen molar-refractivity contribution < 1.29 is 14.7 Å². The molecule has 3 aromatic heterocycles. The summed E-state index contributed by atoms with van der Waals surface area (Å²) in [6, 6.07) is 6.74. The summed E-state index contributed by atoms with van der Waals surface area (Å²) in [7, 11) is 0. The van der Waals surface area contributed by atoms with E-state index in [1.807, 2.05) is 32.6 Å². The van der Waals surface area contributed by atoms with E-state index in [9.17, 15) is 14.7 Å². The molecule has 178 valence electrons. The molecule has 1 aliphatic heterocycles. The number of aliphatic hydroxyl groups is 1. The van der Waals surface area contributed by atoms with Crippen LogP contribution in [0.15, 0.2) is 36.8 Å². The van der Waals surface area contributed by atoms with Crippen LogP contribution in [0.25, 0.3) is 11.5 Å². The Morgan fingerprint density at radius 2 is 2.03 bits per heavy atom. The van der Waals surface area contributed by atoms with Gasteiger partial charge in [0.2, 0.25) is 5.91 Å². The fourth-order valence-electron chi connectivity index (χ4n) is 3.86. The molecule has 1 atom stereocenters. The van der Waals surface area contributed by atoms with Crippen molar-refractivity contribution in [2.45, 2.75) is 46.7 Å². The topological polar surface area (TPSA) is 126 Å².